The molecule has 2 aromatic rings. The van der Waals surface area contributed by atoms with Gasteiger partial charge in [0.2, 0.25) is 0 Å². The Balaban J connectivity index is 3.06. The van der Waals surface area contributed by atoms with Gasteiger partial charge in [0.15, 0.2) is 0 Å². The molecule has 2 nitrogen and oxygen atoms in total. The molecule has 0 spiro atoms. The molecule has 2 heterocycles. The minimum Gasteiger partial charge on any atom is -0.268 e. The number of H-pyrrole nitrogens is 1. The van der Waals surface area contributed by atoms with Gasteiger partial charge >= 0.3 is 0 Å². The van der Waals surface area contributed by atoms with Crippen molar-refractivity contribution in [2.45, 2.75) is 0 Å². The largest absolute Gasteiger partial charge is 0.268 e. The molecular formula is C5H3N2S. The third-order valence-corrected chi connectivity index (χ3v) is 1.78. The highest BCUT2D eigenvalue weighted by Gasteiger charge is 1.91. The fraction of sp³-hybridized carbons (Fsp3) is 0. The second kappa shape index (κ2) is 1.32. The lowest BCUT2D eigenvalue weighted by Gasteiger charge is -1.63. The van der Waals surface area contributed by atoms with Gasteiger partial charge < -0.3 is 0 Å². The molecule has 0 aliphatic carbocycles. The van der Waals surface area contributed by atoms with Gasteiger partial charge in [0.05, 0.1) is 6.20 Å². The number of hydrogen-bond acceptors (Lipinski definition) is 2. The van der Waals surface area contributed by atoms with E-state index in [1.54, 1.807) is 17.5 Å². The van der Waals surface area contributed by atoms with Crippen LogP contribution in [0.3, 0.4) is 0 Å². The lowest BCUT2D eigenvalue weighted by molar-refractivity contribution is 1.13. The van der Waals surface area contributed by atoms with Crippen LogP contribution in [0.1, 0.15) is 0 Å². The van der Waals surface area contributed by atoms with Crippen molar-refractivity contribution in [1.82, 2.24) is 10.2 Å². The lowest BCUT2D eigenvalue weighted by Crippen LogP contribution is -1.56. The smallest absolute Gasteiger partial charge is 0.118 e. The molecule has 0 aliphatic rings. The maximum atomic E-state index is 3.82. The highest BCUT2D eigenvalue weighted by Crippen LogP contribution is 2.14. The van der Waals surface area contributed by atoms with Crippen LogP contribution in [0.2, 0.25) is 0 Å². The zero-order valence-electron chi connectivity index (χ0n) is 4.01. The molecule has 0 aromatic carbocycles. The molecule has 3 heteroatoms. The van der Waals surface area contributed by atoms with E-state index in [9.17, 15) is 0 Å². The second-order valence-electron chi connectivity index (χ2n) is 1.49. The molecule has 8 heavy (non-hydrogen) atoms. The van der Waals surface area contributed by atoms with E-state index in [1.807, 2.05) is 5.38 Å². The van der Waals surface area contributed by atoms with Crippen LogP contribution in [0.15, 0.2) is 11.6 Å². The molecule has 1 N–H and O–H groups in total. The van der Waals surface area contributed by atoms with Gasteiger partial charge in [0.25, 0.3) is 0 Å². The zero-order valence-corrected chi connectivity index (χ0v) is 4.83. The third kappa shape index (κ3) is 0.391. The number of aromatic amines is 1. The first kappa shape index (κ1) is 4.09. The summed E-state index contributed by atoms with van der Waals surface area (Å²) >= 11 is 1.62. The number of rotatable bonds is 0. The van der Waals surface area contributed by atoms with Crippen LogP contribution in [-0.2, 0) is 0 Å². The fourth-order valence-corrected chi connectivity index (χ4v) is 1.27. The maximum Gasteiger partial charge on any atom is 0.118 e. The minimum absolute atomic E-state index is 1.08. The summed E-state index contributed by atoms with van der Waals surface area (Å²) < 4.78 is 0. The number of aromatic nitrogens is 2. The van der Waals surface area contributed by atoms with E-state index in [2.05, 4.69) is 16.3 Å². The number of thiophene rings is 1. The summed E-state index contributed by atoms with van der Waals surface area (Å²) in [5.41, 5.74) is 0. The summed E-state index contributed by atoms with van der Waals surface area (Å²) in [5, 5.41) is 9.65. The predicted molar refractivity (Wildman–Crippen MR) is 32.8 cm³/mol. The van der Waals surface area contributed by atoms with Gasteiger partial charge in [0.1, 0.15) is 4.83 Å². The second-order valence-corrected chi connectivity index (χ2v) is 2.37. The van der Waals surface area contributed by atoms with Crippen LogP contribution in [0.4, 0.5) is 0 Å². The van der Waals surface area contributed by atoms with E-state index in [-0.39, 0.29) is 0 Å². The van der Waals surface area contributed by atoms with Gasteiger partial charge in [0, 0.05) is 16.8 Å². The van der Waals surface area contributed by atoms with Gasteiger partial charge in [-0.1, -0.05) is 0 Å². The van der Waals surface area contributed by atoms with Crippen molar-refractivity contribution in [1.29, 1.82) is 0 Å². The molecule has 1 radical (unpaired) electrons. The Hall–Kier alpha value is -0.830. The standard InChI is InChI=1S/C5H3N2S/c1-2-8-5-4(1)3-6-7-5/h2-3H,(H,6,7). The average molecular weight is 123 g/mol. The summed E-state index contributed by atoms with van der Waals surface area (Å²) in [6.07, 6.45) is 1.77. The molecule has 0 atom stereocenters. The summed E-state index contributed by atoms with van der Waals surface area (Å²) in [6, 6.07) is 3.02. The van der Waals surface area contributed by atoms with Crippen LogP contribution in [0, 0.1) is 6.07 Å². The zero-order chi connectivity index (χ0) is 5.40. The summed E-state index contributed by atoms with van der Waals surface area (Å²) in [4.78, 5) is 1.10. The first-order chi connectivity index (χ1) is 3.97. The Morgan fingerprint density at radius 1 is 1.75 bits per heavy atom. The maximum absolute atomic E-state index is 3.82. The van der Waals surface area contributed by atoms with Crippen molar-refractivity contribution in [3.63, 3.8) is 0 Å². The normalized spacial score (nSPS) is 10.5. The van der Waals surface area contributed by atoms with Crippen LogP contribution in [0.5, 0.6) is 0 Å². The first-order valence-electron chi connectivity index (χ1n) is 2.25. The number of nitrogens with zero attached hydrogens (tertiary/aromatic N) is 1. The van der Waals surface area contributed by atoms with Crippen LogP contribution >= 0.6 is 11.3 Å². The third-order valence-electron chi connectivity index (χ3n) is 0.996. The molecule has 0 fully saturated rings. The summed E-state index contributed by atoms with van der Waals surface area (Å²) in [7, 11) is 0. The van der Waals surface area contributed by atoms with Crippen LogP contribution in [0.25, 0.3) is 10.2 Å². The molecule has 0 aliphatic heterocycles. The van der Waals surface area contributed by atoms with Crippen LogP contribution in [-0.4, -0.2) is 10.2 Å². The Labute approximate surface area is 50.2 Å². The van der Waals surface area contributed by atoms with Gasteiger partial charge in [-0.25, -0.2) is 0 Å². The SMILES string of the molecule is [c]1csc2[nH]ncc12. The van der Waals surface area contributed by atoms with Crippen molar-refractivity contribution < 1.29 is 0 Å². The van der Waals surface area contributed by atoms with Crippen LogP contribution < -0.4 is 0 Å². The van der Waals surface area contributed by atoms with E-state index in [1.165, 1.54) is 0 Å². The summed E-state index contributed by atoms with van der Waals surface area (Å²) in [6.45, 7) is 0. The van der Waals surface area contributed by atoms with E-state index in [0.29, 0.717) is 0 Å². The molecule has 0 saturated heterocycles. The predicted octanol–water partition coefficient (Wildman–Crippen LogP) is 1.42. The van der Waals surface area contributed by atoms with E-state index in [0.717, 1.165) is 10.2 Å². The van der Waals surface area contributed by atoms with E-state index in [4.69, 9.17) is 0 Å². The molecule has 2 rings (SSSR count). The van der Waals surface area contributed by atoms with Gasteiger partial charge in [-0.05, 0) is 0 Å². The van der Waals surface area contributed by atoms with E-state index < -0.39 is 0 Å². The topological polar surface area (TPSA) is 28.7 Å². The summed E-state index contributed by atoms with van der Waals surface area (Å²) in [5.74, 6) is 0. The van der Waals surface area contributed by atoms with Gasteiger partial charge in [-0.3, -0.25) is 5.10 Å². The quantitative estimate of drug-likeness (QED) is 0.564. The number of fused-ring (bicyclic) bond motifs is 1. The van der Waals surface area contributed by atoms with Crippen molar-refractivity contribution in [2.24, 2.45) is 0 Å². The van der Waals surface area contributed by atoms with E-state index >= 15 is 0 Å². The van der Waals surface area contributed by atoms with Gasteiger partial charge in [-0.2, -0.15) is 5.10 Å². The molecule has 0 saturated carbocycles. The highest BCUT2D eigenvalue weighted by atomic mass is 32.1. The Morgan fingerprint density at radius 3 is 3.62 bits per heavy atom. The molecule has 0 amide bonds. The van der Waals surface area contributed by atoms with Crippen molar-refractivity contribution >= 4 is 21.6 Å². The van der Waals surface area contributed by atoms with Crippen molar-refractivity contribution in [3.05, 3.63) is 17.6 Å². The Kier molecular flexibility index (Phi) is 0.676. The number of nitrogens with one attached hydrogen (secondary N) is 1. The average Bonchev–Trinajstić information content (AvgIpc) is 2.15. The van der Waals surface area contributed by atoms with Crippen molar-refractivity contribution in [2.75, 3.05) is 0 Å². The lowest BCUT2D eigenvalue weighted by atomic mass is 10.5. The molecule has 0 bridgehead atoms. The molecule has 2 aromatic heterocycles. The monoisotopic (exact) mass is 123 g/mol. The van der Waals surface area contributed by atoms with Gasteiger partial charge in [-0.15, -0.1) is 11.3 Å². The molecule has 39 valence electrons. The van der Waals surface area contributed by atoms with Crippen molar-refractivity contribution in [3.8, 4) is 0 Å². The Bertz CT molecular complexity index is 232. The molecular weight excluding hydrogens is 120 g/mol. The molecule has 0 unspecified atom stereocenters. The highest BCUT2D eigenvalue weighted by molar-refractivity contribution is 7.16. The Morgan fingerprint density at radius 2 is 2.75 bits per heavy atom. The first-order valence-corrected chi connectivity index (χ1v) is 3.13. The minimum atomic E-state index is 1.08. The number of hydrogen-bond donors (Lipinski definition) is 1. The fourth-order valence-electron chi connectivity index (χ4n) is 0.619.